The maximum Gasteiger partial charge on any atom is 0.390 e. The molecule has 2 N–H and O–H groups in total. The molecule has 0 radical (unpaired) electrons. The van der Waals surface area contributed by atoms with Crippen LogP contribution >= 0.6 is 0 Å². The van der Waals surface area contributed by atoms with E-state index in [-0.39, 0.29) is 30.3 Å². The number of aryl methyl sites for hydroxylation is 1. The Morgan fingerprint density at radius 3 is 2.53 bits per heavy atom. The van der Waals surface area contributed by atoms with Crippen LogP contribution < -0.4 is 10.9 Å². The van der Waals surface area contributed by atoms with E-state index in [1.807, 2.05) is 49.1 Å². The molecule has 1 aromatic carbocycles. The standard InChI is InChI=1S/C29H37F3N4O2/c1-18-17-24(33-4)22(28(38)34-18)9-10-26(37)27-20(3)36(25-8-6-5-7-23(25)27)19(2)21-11-14-35(15-12-21)16-13-29(30,31)32/h5-8,17,19,21H,9-16H2,1-4H3,(H2,33,34,38)/t19-/m1/s1. The average Bonchev–Trinajstić information content (AvgIpc) is 3.17. The molecule has 0 unspecified atom stereocenters. The fourth-order valence-corrected chi connectivity index (χ4v) is 5.97. The molecule has 3 aromatic rings. The largest absolute Gasteiger partial charge is 0.390 e. The van der Waals surface area contributed by atoms with E-state index in [1.165, 1.54) is 0 Å². The van der Waals surface area contributed by atoms with Crippen LogP contribution in [-0.4, -0.2) is 53.1 Å². The van der Waals surface area contributed by atoms with Gasteiger partial charge >= 0.3 is 6.18 Å². The topological polar surface area (TPSA) is 70.1 Å². The van der Waals surface area contributed by atoms with Crippen molar-refractivity contribution in [2.45, 2.75) is 65.1 Å². The van der Waals surface area contributed by atoms with Crippen LogP contribution in [0.2, 0.25) is 0 Å². The number of nitrogens with one attached hydrogen (secondary N) is 2. The quantitative estimate of drug-likeness (QED) is 0.332. The van der Waals surface area contributed by atoms with Crippen molar-refractivity contribution in [1.29, 1.82) is 0 Å². The van der Waals surface area contributed by atoms with Gasteiger partial charge in [-0.2, -0.15) is 13.2 Å². The van der Waals surface area contributed by atoms with Crippen molar-refractivity contribution in [3.63, 3.8) is 0 Å². The number of fused-ring (bicyclic) bond motifs is 1. The molecule has 206 valence electrons. The Labute approximate surface area is 221 Å². The first-order chi connectivity index (χ1) is 18.0. The molecule has 1 aliphatic rings. The fraction of sp³-hybridized carbons (Fsp3) is 0.517. The van der Waals surface area contributed by atoms with Gasteiger partial charge in [0.15, 0.2) is 5.78 Å². The van der Waals surface area contributed by atoms with Crippen molar-refractivity contribution in [3.8, 4) is 0 Å². The van der Waals surface area contributed by atoms with E-state index in [9.17, 15) is 22.8 Å². The third-order valence-electron chi connectivity index (χ3n) is 8.01. The Balaban J connectivity index is 1.54. The number of hydrogen-bond acceptors (Lipinski definition) is 4. The third kappa shape index (κ3) is 5.98. The second-order valence-electron chi connectivity index (χ2n) is 10.5. The average molecular weight is 531 g/mol. The number of H-pyrrole nitrogens is 1. The molecule has 9 heteroatoms. The highest BCUT2D eigenvalue weighted by atomic mass is 19.4. The lowest BCUT2D eigenvalue weighted by Gasteiger charge is -2.36. The molecule has 1 atom stereocenters. The molecule has 4 rings (SSSR count). The lowest BCUT2D eigenvalue weighted by Crippen LogP contribution is -2.38. The molecule has 38 heavy (non-hydrogen) atoms. The molecule has 1 fully saturated rings. The molecule has 1 aliphatic heterocycles. The summed E-state index contributed by atoms with van der Waals surface area (Å²) < 4.78 is 40.2. The van der Waals surface area contributed by atoms with Gasteiger partial charge in [0.05, 0.1) is 6.42 Å². The first kappa shape index (κ1) is 28.0. The van der Waals surface area contributed by atoms with Crippen LogP contribution in [0.3, 0.4) is 0 Å². The summed E-state index contributed by atoms with van der Waals surface area (Å²) in [6, 6.07) is 9.85. The lowest BCUT2D eigenvalue weighted by molar-refractivity contribution is -0.138. The minimum Gasteiger partial charge on any atom is -0.388 e. The van der Waals surface area contributed by atoms with Crippen molar-refractivity contribution in [2.24, 2.45) is 5.92 Å². The van der Waals surface area contributed by atoms with Gasteiger partial charge in [-0.25, -0.2) is 0 Å². The minimum atomic E-state index is -4.13. The Bertz CT molecular complexity index is 1350. The fourth-order valence-electron chi connectivity index (χ4n) is 5.97. The number of halogens is 3. The molecule has 0 bridgehead atoms. The van der Waals surface area contributed by atoms with Gasteiger partial charge in [-0.15, -0.1) is 0 Å². The number of benzene rings is 1. The highest BCUT2D eigenvalue weighted by Gasteiger charge is 2.32. The summed E-state index contributed by atoms with van der Waals surface area (Å²) in [5.74, 6) is 0.299. The molecule has 0 aliphatic carbocycles. The first-order valence-electron chi connectivity index (χ1n) is 13.3. The second kappa shape index (κ2) is 11.4. The van der Waals surface area contributed by atoms with Crippen LogP contribution in [0.1, 0.15) is 66.0 Å². The number of Topliss-reactive ketones (excluding diaryl/α,β-unsaturated/α-hetero) is 1. The molecule has 3 heterocycles. The summed E-state index contributed by atoms with van der Waals surface area (Å²) in [6.07, 6.45) is -2.73. The number of rotatable bonds is 9. The number of nitrogens with zero attached hydrogens (tertiary/aromatic N) is 2. The predicted molar refractivity (Wildman–Crippen MR) is 145 cm³/mol. The Kier molecular flexibility index (Phi) is 8.35. The number of aromatic amines is 1. The summed E-state index contributed by atoms with van der Waals surface area (Å²) in [5, 5.41) is 3.96. The maximum absolute atomic E-state index is 13.6. The van der Waals surface area contributed by atoms with Gasteiger partial charge < -0.3 is 19.8 Å². The normalized spacial score (nSPS) is 16.2. The van der Waals surface area contributed by atoms with Crippen LogP contribution in [0, 0.1) is 19.8 Å². The molecule has 0 spiro atoms. The summed E-state index contributed by atoms with van der Waals surface area (Å²) in [6.45, 7) is 7.29. The van der Waals surface area contributed by atoms with E-state index in [0.29, 0.717) is 36.6 Å². The van der Waals surface area contributed by atoms with Crippen LogP contribution in [0.4, 0.5) is 18.9 Å². The maximum atomic E-state index is 13.6. The predicted octanol–water partition coefficient (Wildman–Crippen LogP) is 6.03. The SMILES string of the molecule is CNc1cc(C)[nH]c(=O)c1CCC(=O)c1c(C)n([C@H](C)C2CCN(CCC(F)(F)F)CC2)c2ccccc12. The number of aromatic nitrogens is 2. The van der Waals surface area contributed by atoms with Crippen molar-refractivity contribution in [2.75, 3.05) is 32.0 Å². The lowest BCUT2D eigenvalue weighted by atomic mass is 9.89. The monoisotopic (exact) mass is 530 g/mol. The van der Waals surface area contributed by atoms with Crippen LogP contribution in [0.25, 0.3) is 10.9 Å². The first-order valence-corrected chi connectivity index (χ1v) is 13.3. The van der Waals surface area contributed by atoms with Gasteiger partial charge in [-0.05, 0) is 71.2 Å². The van der Waals surface area contributed by atoms with Gasteiger partial charge in [0.1, 0.15) is 0 Å². The molecular weight excluding hydrogens is 493 g/mol. The van der Waals surface area contributed by atoms with E-state index >= 15 is 0 Å². The summed E-state index contributed by atoms with van der Waals surface area (Å²) in [4.78, 5) is 30.9. The number of pyridine rings is 1. The van der Waals surface area contributed by atoms with Gasteiger partial charge in [0.2, 0.25) is 0 Å². The van der Waals surface area contributed by atoms with Crippen LogP contribution in [0.5, 0.6) is 0 Å². The number of piperidine rings is 1. The summed E-state index contributed by atoms with van der Waals surface area (Å²) in [5.41, 5.74) is 4.45. The second-order valence-corrected chi connectivity index (χ2v) is 10.5. The molecule has 0 amide bonds. The van der Waals surface area contributed by atoms with Gasteiger partial charge in [-0.3, -0.25) is 9.59 Å². The highest BCUT2D eigenvalue weighted by molar-refractivity contribution is 6.09. The van der Waals surface area contributed by atoms with Gasteiger partial charge in [0.25, 0.3) is 5.56 Å². The van der Waals surface area contributed by atoms with E-state index in [1.54, 1.807) is 7.05 Å². The zero-order chi connectivity index (χ0) is 27.6. The number of alkyl halides is 3. The Hall–Kier alpha value is -3.07. The number of hydrogen-bond donors (Lipinski definition) is 2. The summed E-state index contributed by atoms with van der Waals surface area (Å²) in [7, 11) is 1.76. The minimum absolute atomic E-state index is 0.00588. The zero-order valence-corrected chi connectivity index (χ0v) is 22.5. The molecule has 2 aromatic heterocycles. The van der Waals surface area contributed by atoms with Crippen molar-refractivity contribution >= 4 is 22.4 Å². The van der Waals surface area contributed by atoms with E-state index in [2.05, 4.69) is 21.8 Å². The molecule has 6 nitrogen and oxygen atoms in total. The number of para-hydroxylation sites is 1. The van der Waals surface area contributed by atoms with E-state index in [0.717, 1.165) is 40.8 Å². The van der Waals surface area contributed by atoms with Gasteiger partial charge in [0, 0.05) is 65.2 Å². The van der Waals surface area contributed by atoms with Crippen molar-refractivity contribution in [1.82, 2.24) is 14.5 Å². The van der Waals surface area contributed by atoms with Gasteiger partial charge in [-0.1, -0.05) is 18.2 Å². The molecule has 1 saturated heterocycles. The smallest absolute Gasteiger partial charge is 0.388 e. The molecule has 0 saturated carbocycles. The van der Waals surface area contributed by atoms with E-state index in [4.69, 9.17) is 0 Å². The van der Waals surface area contributed by atoms with Crippen LogP contribution in [-0.2, 0) is 6.42 Å². The Morgan fingerprint density at radius 2 is 1.87 bits per heavy atom. The number of carbonyl (C=O) groups excluding carboxylic acids is 1. The number of anilines is 1. The number of likely N-dealkylation sites (tertiary alicyclic amines) is 1. The number of ketones is 1. The highest BCUT2D eigenvalue weighted by Crippen LogP contribution is 2.36. The molecular formula is C29H37F3N4O2. The van der Waals surface area contributed by atoms with Crippen molar-refractivity contribution in [3.05, 3.63) is 63.2 Å². The van der Waals surface area contributed by atoms with E-state index < -0.39 is 12.6 Å². The zero-order valence-electron chi connectivity index (χ0n) is 22.5. The third-order valence-corrected chi connectivity index (χ3v) is 8.01. The Morgan fingerprint density at radius 1 is 1.18 bits per heavy atom. The van der Waals surface area contributed by atoms with Crippen molar-refractivity contribution < 1.29 is 18.0 Å². The summed E-state index contributed by atoms with van der Waals surface area (Å²) >= 11 is 0. The van der Waals surface area contributed by atoms with Crippen LogP contribution in [0.15, 0.2) is 35.1 Å². The number of carbonyl (C=O) groups is 1.